The van der Waals surface area contributed by atoms with E-state index in [1.165, 1.54) is 19.4 Å². The largest absolute Gasteiger partial charge is 0.496 e. The summed E-state index contributed by atoms with van der Waals surface area (Å²) in [4.78, 5) is 20.7. The molecule has 5 rings (SSSR count). The average molecular weight is 477 g/mol. The Morgan fingerprint density at radius 1 is 1.15 bits per heavy atom. The number of fused-ring (bicyclic) bond motifs is 4. The summed E-state index contributed by atoms with van der Waals surface area (Å²) < 4.78 is 46.4. The summed E-state index contributed by atoms with van der Waals surface area (Å²) in [5, 5.41) is 1.69. The predicted molar refractivity (Wildman–Crippen MR) is 127 cm³/mol. The zero-order valence-electron chi connectivity index (χ0n) is 17.9. The molecule has 170 valence electrons. The molecular weight excluding hydrogens is 461 g/mol. The molecule has 5 aromatic rings. The number of aryl methyl sites for hydroxylation is 1. The number of nitrogens with zero attached hydrogens (tertiary/aromatic N) is 2. The van der Waals surface area contributed by atoms with Crippen molar-refractivity contribution in [3.63, 3.8) is 0 Å². The van der Waals surface area contributed by atoms with Crippen molar-refractivity contribution in [2.24, 2.45) is 7.05 Å². The van der Waals surface area contributed by atoms with E-state index >= 15 is 0 Å². The van der Waals surface area contributed by atoms with Gasteiger partial charge in [0.15, 0.2) is 11.2 Å². The maximum Gasteiger partial charge on any atom is 0.488 e. The van der Waals surface area contributed by atoms with Crippen molar-refractivity contribution in [2.45, 2.75) is 0 Å². The van der Waals surface area contributed by atoms with Crippen molar-refractivity contribution in [3.05, 3.63) is 64.6 Å². The van der Waals surface area contributed by atoms with Crippen LogP contribution in [0.5, 0.6) is 11.5 Å². The van der Waals surface area contributed by atoms with E-state index in [1.54, 1.807) is 18.2 Å². The van der Waals surface area contributed by atoms with Crippen LogP contribution in [0.2, 0.25) is 0 Å². The topological polar surface area (TPSA) is 103 Å². The number of pyridine rings is 2. The molecule has 0 bridgehead atoms. The van der Waals surface area contributed by atoms with Crippen LogP contribution < -0.4 is 14.3 Å². The summed E-state index contributed by atoms with van der Waals surface area (Å²) >= 11 is 0. The van der Waals surface area contributed by atoms with E-state index in [1.807, 2.05) is 23.7 Å². The lowest BCUT2D eigenvalue weighted by Crippen LogP contribution is -2.09. The molecule has 0 saturated carbocycles. The van der Waals surface area contributed by atoms with Crippen molar-refractivity contribution in [2.75, 3.05) is 7.11 Å². The molecule has 0 atom stereocenters. The summed E-state index contributed by atoms with van der Waals surface area (Å²) in [6.07, 6.45) is 8.03. The van der Waals surface area contributed by atoms with Gasteiger partial charge < -0.3 is 18.5 Å². The number of H-pyrrole nitrogens is 1. The van der Waals surface area contributed by atoms with E-state index in [4.69, 9.17) is 11.2 Å². The van der Waals surface area contributed by atoms with Crippen molar-refractivity contribution in [1.82, 2.24) is 14.5 Å². The normalized spacial score (nSPS) is 11.7. The molecule has 0 aliphatic heterocycles. The first-order valence-corrected chi connectivity index (χ1v) is 11.2. The molecule has 34 heavy (non-hydrogen) atoms. The van der Waals surface area contributed by atoms with Crippen molar-refractivity contribution in [3.8, 4) is 35.0 Å². The van der Waals surface area contributed by atoms with Crippen LogP contribution >= 0.6 is 0 Å². The van der Waals surface area contributed by atoms with E-state index in [-0.39, 0.29) is 11.2 Å². The molecule has 0 spiro atoms. The minimum atomic E-state index is -5.21. The highest BCUT2D eigenvalue weighted by atomic mass is 32.3. The Labute approximate surface area is 193 Å². The number of nitrogens with one attached hydrogen (secondary N) is 1. The van der Waals surface area contributed by atoms with Crippen LogP contribution in [-0.2, 0) is 17.6 Å². The fourth-order valence-electron chi connectivity index (χ4n) is 4.16. The van der Waals surface area contributed by atoms with E-state index in [9.17, 15) is 17.1 Å². The monoisotopic (exact) mass is 477 g/mol. The highest BCUT2D eigenvalue weighted by Gasteiger charge is 2.19. The quantitative estimate of drug-likeness (QED) is 0.312. The minimum absolute atomic E-state index is 0.189. The Kier molecular flexibility index (Phi) is 4.81. The number of halogens is 1. The van der Waals surface area contributed by atoms with Gasteiger partial charge in [0.1, 0.15) is 11.4 Å². The Balaban J connectivity index is 1.81. The fourth-order valence-corrected chi connectivity index (χ4v) is 4.48. The Bertz CT molecular complexity index is 1850. The lowest BCUT2D eigenvalue weighted by Gasteiger charge is -2.14. The van der Waals surface area contributed by atoms with Crippen LogP contribution in [0.3, 0.4) is 0 Å². The van der Waals surface area contributed by atoms with E-state index in [0.717, 1.165) is 17.1 Å². The number of ether oxygens (including phenoxy) is 1. The number of benzene rings is 2. The molecule has 2 aromatic carbocycles. The van der Waals surface area contributed by atoms with Gasteiger partial charge in [-0.1, -0.05) is 15.9 Å². The fraction of sp³-hybridized carbons (Fsp3) is 0.0833. The summed E-state index contributed by atoms with van der Waals surface area (Å²) in [7, 11) is -1.96. The standard InChI is InChI=1S/C24H16FN3O5S/c1-4-13-5-6-16-19(7-13)27-24-22(16)23(29)18-10-21(32-3)17(9-20(18)28(24)2)14-8-15(12-26-11-14)33-34(25,30)31/h1,5-12,27H,2-3H3. The second kappa shape index (κ2) is 7.60. The first-order valence-electron chi connectivity index (χ1n) is 9.92. The zero-order valence-corrected chi connectivity index (χ0v) is 18.7. The van der Waals surface area contributed by atoms with Gasteiger partial charge in [0.05, 0.1) is 29.6 Å². The van der Waals surface area contributed by atoms with Crippen LogP contribution in [-0.4, -0.2) is 30.1 Å². The van der Waals surface area contributed by atoms with E-state index < -0.39 is 10.5 Å². The molecule has 10 heteroatoms. The lowest BCUT2D eigenvalue weighted by molar-refractivity contribution is 0.417. The maximum atomic E-state index is 13.5. The van der Waals surface area contributed by atoms with Crippen LogP contribution in [0.25, 0.3) is 44.0 Å². The number of aromatic nitrogens is 3. The van der Waals surface area contributed by atoms with Crippen LogP contribution in [0.4, 0.5) is 3.89 Å². The molecule has 0 saturated heterocycles. The van der Waals surface area contributed by atoms with Crippen LogP contribution in [0, 0.1) is 12.3 Å². The molecule has 0 amide bonds. The SMILES string of the molecule is C#Cc1ccc2c(c1)[nH]c1c2c(=O)c2cc(OC)c(-c3cncc(OS(=O)(=O)F)c3)cc2n1C. The zero-order chi connectivity index (χ0) is 24.2. The second-order valence-electron chi connectivity index (χ2n) is 7.60. The number of aromatic amines is 1. The van der Waals surface area contributed by atoms with Gasteiger partial charge in [0, 0.05) is 40.8 Å². The Morgan fingerprint density at radius 3 is 2.65 bits per heavy atom. The third-order valence-electron chi connectivity index (χ3n) is 5.65. The molecule has 0 aliphatic rings. The first-order chi connectivity index (χ1) is 16.2. The van der Waals surface area contributed by atoms with E-state index in [2.05, 4.69) is 20.1 Å². The molecule has 3 aromatic heterocycles. The number of methoxy groups -OCH3 is 1. The van der Waals surface area contributed by atoms with Gasteiger partial charge in [-0.15, -0.1) is 6.42 Å². The van der Waals surface area contributed by atoms with E-state index in [0.29, 0.717) is 44.4 Å². The molecule has 0 radical (unpaired) electrons. The summed E-state index contributed by atoms with van der Waals surface area (Å²) in [6, 6.07) is 10.1. The summed E-state index contributed by atoms with van der Waals surface area (Å²) in [5.41, 5.74) is 3.34. The second-order valence-corrected chi connectivity index (χ2v) is 8.55. The third kappa shape index (κ3) is 3.43. The molecule has 0 fully saturated rings. The lowest BCUT2D eigenvalue weighted by atomic mass is 10.0. The van der Waals surface area contributed by atoms with Gasteiger partial charge in [-0.25, -0.2) is 0 Å². The number of terminal acetylenes is 1. The van der Waals surface area contributed by atoms with Gasteiger partial charge in [0.25, 0.3) is 0 Å². The Morgan fingerprint density at radius 2 is 1.94 bits per heavy atom. The first kappa shape index (κ1) is 21.5. The third-order valence-corrected chi connectivity index (χ3v) is 6.04. The highest BCUT2D eigenvalue weighted by Crippen LogP contribution is 2.36. The van der Waals surface area contributed by atoms with Gasteiger partial charge in [0.2, 0.25) is 0 Å². The molecule has 8 nitrogen and oxygen atoms in total. The molecular formula is C24H16FN3O5S. The Hall–Kier alpha value is -4.36. The van der Waals surface area contributed by atoms with Crippen LogP contribution in [0.15, 0.2) is 53.6 Å². The number of hydrogen-bond acceptors (Lipinski definition) is 6. The maximum absolute atomic E-state index is 13.5. The number of hydrogen-bond donors (Lipinski definition) is 1. The molecule has 0 unspecified atom stereocenters. The van der Waals surface area contributed by atoms with Crippen molar-refractivity contribution in [1.29, 1.82) is 0 Å². The van der Waals surface area contributed by atoms with Gasteiger partial charge in [-0.05, 0) is 30.3 Å². The van der Waals surface area contributed by atoms with Gasteiger partial charge in [-0.2, -0.15) is 8.42 Å². The summed E-state index contributed by atoms with van der Waals surface area (Å²) in [6.45, 7) is 0. The van der Waals surface area contributed by atoms with Gasteiger partial charge in [-0.3, -0.25) is 9.78 Å². The smallest absolute Gasteiger partial charge is 0.488 e. The predicted octanol–water partition coefficient (Wildman–Crippen LogP) is 3.82. The average Bonchev–Trinajstić information content (AvgIpc) is 3.20. The van der Waals surface area contributed by atoms with Crippen LogP contribution in [0.1, 0.15) is 5.56 Å². The molecule has 3 heterocycles. The summed E-state index contributed by atoms with van der Waals surface area (Å²) in [5.74, 6) is 2.63. The van der Waals surface area contributed by atoms with Crippen molar-refractivity contribution >= 4 is 43.3 Å². The minimum Gasteiger partial charge on any atom is -0.496 e. The molecule has 0 aliphatic carbocycles. The highest BCUT2D eigenvalue weighted by molar-refractivity contribution is 7.81. The number of rotatable bonds is 4. The van der Waals surface area contributed by atoms with Crippen molar-refractivity contribution < 1.29 is 21.2 Å². The van der Waals surface area contributed by atoms with Gasteiger partial charge >= 0.3 is 10.5 Å². The molecule has 1 N–H and O–H groups in total.